The van der Waals surface area contributed by atoms with Gasteiger partial charge in [0.1, 0.15) is 5.82 Å². The Labute approximate surface area is 132 Å². The van der Waals surface area contributed by atoms with Crippen LogP contribution in [0.4, 0.5) is 10.1 Å². The highest BCUT2D eigenvalue weighted by molar-refractivity contribution is 5.94. The Balaban J connectivity index is 1.98. The molecule has 0 unspecified atom stereocenters. The standard InChI is InChI=1S/C16H16FN3O3/c1-3-4-6-16(19-20-16)7-5-14(21)18-13-9-11(15(22)23)8-12(17)10(13)2/h1,8-9H,4-7H2,2H3,(H,18,21)(H,22,23). The van der Waals surface area contributed by atoms with Crippen LogP contribution < -0.4 is 5.32 Å². The second-order valence-corrected chi connectivity index (χ2v) is 5.37. The number of carboxylic acids is 1. The summed E-state index contributed by atoms with van der Waals surface area (Å²) < 4.78 is 13.7. The fourth-order valence-corrected chi connectivity index (χ4v) is 2.13. The van der Waals surface area contributed by atoms with Gasteiger partial charge < -0.3 is 10.4 Å². The van der Waals surface area contributed by atoms with Crippen LogP contribution in [-0.2, 0) is 4.79 Å². The van der Waals surface area contributed by atoms with E-state index in [0.29, 0.717) is 19.3 Å². The first kappa shape index (κ1) is 16.6. The summed E-state index contributed by atoms with van der Waals surface area (Å²) in [6.45, 7) is 1.47. The lowest BCUT2D eigenvalue weighted by Crippen LogP contribution is -2.18. The van der Waals surface area contributed by atoms with Gasteiger partial charge in [-0.3, -0.25) is 4.79 Å². The van der Waals surface area contributed by atoms with Crippen LogP contribution >= 0.6 is 0 Å². The van der Waals surface area contributed by atoms with Crippen LogP contribution in [0.25, 0.3) is 0 Å². The van der Waals surface area contributed by atoms with E-state index in [-0.39, 0.29) is 29.1 Å². The number of benzene rings is 1. The molecule has 23 heavy (non-hydrogen) atoms. The van der Waals surface area contributed by atoms with Crippen LogP contribution in [0.5, 0.6) is 0 Å². The van der Waals surface area contributed by atoms with Crippen molar-refractivity contribution in [2.24, 2.45) is 10.2 Å². The quantitative estimate of drug-likeness (QED) is 0.757. The molecule has 0 aliphatic carbocycles. The lowest BCUT2D eigenvalue weighted by Gasteiger charge is -2.12. The van der Waals surface area contributed by atoms with Gasteiger partial charge in [-0.15, -0.1) is 12.3 Å². The molecule has 1 heterocycles. The molecule has 2 N–H and O–H groups in total. The van der Waals surface area contributed by atoms with Crippen LogP contribution in [0, 0.1) is 25.1 Å². The number of terminal acetylenes is 1. The van der Waals surface area contributed by atoms with E-state index >= 15 is 0 Å². The van der Waals surface area contributed by atoms with Gasteiger partial charge in [0.25, 0.3) is 0 Å². The Bertz CT molecular complexity index is 716. The van der Waals surface area contributed by atoms with Crippen molar-refractivity contribution in [1.29, 1.82) is 0 Å². The Morgan fingerprint density at radius 2 is 2.09 bits per heavy atom. The van der Waals surface area contributed by atoms with Crippen LogP contribution in [0.15, 0.2) is 22.4 Å². The molecule has 1 aliphatic rings. The van der Waals surface area contributed by atoms with Crippen molar-refractivity contribution in [2.45, 2.75) is 38.3 Å². The molecule has 0 fully saturated rings. The normalized spacial score (nSPS) is 14.1. The Hall–Kier alpha value is -2.75. The minimum absolute atomic E-state index is 0.135. The summed E-state index contributed by atoms with van der Waals surface area (Å²) in [6.07, 6.45) is 6.87. The zero-order chi connectivity index (χ0) is 17.0. The van der Waals surface area contributed by atoms with E-state index in [0.717, 1.165) is 6.07 Å². The Morgan fingerprint density at radius 3 is 2.65 bits per heavy atom. The number of hydrogen-bond donors (Lipinski definition) is 2. The van der Waals surface area contributed by atoms with E-state index in [1.54, 1.807) is 0 Å². The van der Waals surface area contributed by atoms with E-state index in [4.69, 9.17) is 11.5 Å². The molecule has 0 saturated heterocycles. The molecule has 0 bridgehead atoms. The van der Waals surface area contributed by atoms with E-state index in [2.05, 4.69) is 21.5 Å². The highest BCUT2D eigenvalue weighted by Crippen LogP contribution is 2.37. The third-order valence-electron chi connectivity index (χ3n) is 3.67. The number of amides is 1. The molecule has 7 heteroatoms. The highest BCUT2D eigenvalue weighted by atomic mass is 19.1. The van der Waals surface area contributed by atoms with Crippen molar-refractivity contribution in [1.82, 2.24) is 0 Å². The monoisotopic (exact) mass is 317 g/mol. The molecule has 1 aliphatic heterocycles. The first-order chi connectivity index (χ1) is 10.9. The van der Waals surface area contributed by atoms with Gasteiger partial charge in [-0.2, -0.15) is 10.2 Å². The van der Waals surface area contributed by atoms with Crippen molar-refractivity contribution >= 4 is 17.6 Å². The number of rotatable bonds is 7. The second-order valence-electron chi connectivity index (χ2n) is 5.37. The maximum Gasteiger partial charge on any atom is 0.335 e. The van der Waals surface area contributed by atoms with Crippen LogP contribution in [0.3, 0.4) is 0 Å². The number of aromatic carboxylic acids is 1. The molecule has 0 radical (unpaired) electrons. The molecule has 0 spiro atoms. The zero-order valence-corrected chi connectivity index (χ0v) is 12.6. The third kappa shape index (κ3) is 4.13. The van der Waals surface area contributed by atoms with E-state index in [9.17, 15) is 14.0 Å². The summed E-state index contributed by atoms with van der Waals surface area (Å²) >= 11 is 0. The summed E-state index contributed by atoms with van der Waals surface area (Å²) in [6, 6.07) is 2.16. The molecule has 0 aromatic heterocycles. The molecule has 0 saturated carbocycles. The fourth-order valence-electron chi connectivity index (χ4n) is 2.13. The average molecular weight is 317 g/mol. The number of carboxylic acid groups (broad SMARTS) is 1. The predicted octanol–water partition coefficient (Wildman–Crippen LogP) is 3.13. The highest BCUT2D eigenvalue weighted by Gasteiger charge is 2.39. The Morgan fingerprint density at radius 1 is 1.39 bits per heavy atom. The average Bonchev–Trinajstić information content (AvgIpc) is 3.28. The second kappa shape index (κ2) is 6.57. The van der Waals surface area contributed by atoms with Gasteiger partial charge in [-0.25, -0.2) is 9.18 Å². The molecular weight excluding hydrogens is 301 g/mol. The molecule has 120 valence electrons. The van der Waals surface area contributed by atoms with Crippen molar-refractivity contribution in [2.75, 3.05) is 5.32 Å². The number of nitrogens with zero attached hydrogens (tertiary/aromatic N) is 2. The third-order valence-corrected chi connectivity index (χ3v) is 3.67. The minimum Gasteiger partial charge on any atom is -0.478 e. The van der Waals surface area contributed by atoms with Gasteiger partial charge in [0.15, 0.2) is 5.66 Å². The summed E-state index contributed by atoms with van der Waals surface area (Å²) in [5.41, 5.74) is -0.450. The number of halogens is 1. The van der Waals surface area contributed by atoms with Gasteiger partial charge in [-0.1, -0.05) is 0 Å². The number of nitrogens with one attached hydrogen (secondary N) is 1. The lowest BCUT2D eigenvalue weighted by molar-refractivity contribution is -0.116. The number of anilines is 1. The predicted molar refractivity (Wildman–Crippen MR) is 81.6 cm³/mol. The van der Waals surface area contributed by atoms with Crippen LogP contribution in [-0.4, -0.2) is 22.6 Å². The summed E-state index contributed by atoms with van der Waals surface area (Å²) in [4.78, 5) is 22.9. The molecule has 1 aromatic carbocycles. The van der Waals surface area contributed by atoms with Crippen molar-refractivity contribution in [3.8, 4) is 12.3 Å². The minimum atomic E-state index is -1.26. The van der Waals surface area contributed by atoms with Crippen molar-refractivity contribution in [3.05, 3.63) is 29.1 Å². The molecule has 1 amide bonds. The summed E-state index contributed by atoms with van der Waals surface area (Å²) in [5, 5.41) is 19.3. The fraction of sp³-hybridized carbons (Fsp3) is 0.375. The van der Waals surface area contributed by atoms with Crippen molar-refractivity contribution < 1.29 is 19.1 Å². The maximum atomic E-state index is 13.7. The van der Waals surface area contributed by atoms with Gasteiger partial charge in [0, 0.05) is 36.9 Å². The maximum absolute atomic E-state index is 13.7. The van der Waals surface area contributed by atoms with Gasteiger partial charge >= 0.3 is 5.97 Å². The largest absolute Gasteiger partial charge is 0.478 e. The van der Waals surface area contributed by atoms with Crippen LogP contribution in [0.1, 0.15) is 41.6 Å². The van der Waals surface area contributed by atoms with Gasteiger partial charge in [-0.05, 0) is 19.1 Å². The van der Waals surface area contributed by atoms with E-state index < -0.39 is 17.4 Å². The van der Waals surface area contributed by atoms with E-state index in [1.165, 1.54) is 13.0 Å². The van der Waals surface area contributed by atoms with Crippen molar-refractivity contribution in [3.63, 3.8) is 0 Å². The first-order valence-electron chi connectivity index (χ1n) is 7.08. The molecule has 6 nitrogen and oxygen atoms in total. The summed E-state index contributed by atoms with van der Waals surface area (Å²) in [7, 11) is 0. The van der Waals surface area contributed by atoms with Crippen LogP contribution in [0.2, 0.25) is 0 Å². The molecular formula is C16H16FN3O3. The molecule has 2 rings (SSSR count). The first-order valence-corrected chi connectivity index (χ1v) is 7.08. The smallest absolute Gasteiger partial charge is 0.335 e. The lowest BCUT2D eigenvalue weighted by atomic mass is 10.0. The Kier molecular flexibility index (Phi) is 4.74. The molecule has 1 aromatic rings. The summed E-state index contributed by atoms with van der Waals surface area (Å²) in [5.74, 6) is 0.206. The SMILES string of the molecule is C#CCCC1(CCC(=O)Nc2cc(C(=O)O)cc(F)c2C)N=N1. The van der Waals surface area contributed by atoms with Gasteiger partial charge in [0.2, 0.25) is 5.91 Å². The number of carbonyl (C=O) groups excluding carboxylic acids is 1. The van der Waals surface area contributed by atoms with Gasteiger partial charge in [0.05, 0.1) is 5.56 Å². The number of hydrogen-bond acceptors (Lipinski definition) is 4. The number of carbonyl (C=O) groups is 2. The zero-order valence-electron chi connectivity index (χ0n) is 12.6. The topological polar surface area (TPSA) is 91.1 Å². The van der Waals surface area contributed by atoms with E-state index in [1.807, 2.05) is 0 Å². The molecule has 0 atom stereocenters.